The SMILES string of the molecule is CC(C)[Si](C#C[C@@]1(C)C[C@@H]1c1ccccc1)(C(C)C)C(C)C. The molecule has 1 aliphatic carbocycles. The van der Waals surface area contributed by atoms with Crippen LogP contribution in [0.15, 0.2) is 30.3 Å². The molecule has 2 atom stereocenters. The maximum Gasteiger partial charge on any atom is 0.145 e. The molecular formula is C21H32Si. The Morgan fingerprint density at radius 3 is 1.91 bits per heavy atom. The summed E-state index contributed by atoms with van der Waals surface area (Å²) in [7, 11) is -1.59. The minimum absolute atomic E-state index is 0.207. The van der Waals surface area contributed by atoms with Crippen LogP contribution in [-0.4, -0.2) is 8.07 Å². The van der Waals surface area contributed by atoms with Gasteiger partial charge in [0.15, 0.2) is 0 Å². The van der Waals surface area contributed by atoms with Gasteiger partial charge in [0.05, 0.1) is 0 Å². The molecule has 0 amide bonds. The molecule has 1 fully saturated rings. The Morgan fingerprint density at radius 2 is 1.45 bits per heavy atom. The zero-order chi connectivity index (χ0) is 16.5. The predicted molar refractivity (Wildman–Crippen MR) is 101 cm³/mol. The molecule has 0 nitrogen and oxygen atoms in total. The van der Waals surface area contributed by atoms with Crippen molar-refractivity contribution in [2.75, 3.05) is 0 Å². The van der Waals surface area contributed by atoms with Crippen molar-refractivity contribution >= 4 is 8.07 Å². The molecule has 120 valence electrons. The van der Waals surface area contributed by atoms with Gasteiger partial charge in [-0.2, -0.15) is 0 Å². The van der Waals surface area contributed by atoms with Crippen LogP contribution in [0.1, 0.15) is 66.4 Å². The summed E-state index contributed by atoms with van der Waals surface area (Å²) in [5, 5.41) is 0. The van der Waals surface area contributed by atoms with Crippen LogP contribution in [0.25, 0.3) is 0 Å². The summed E-state index contributed by atoms with van der Waals surface area (Å²) in [5.74, 6) is 4.42. The molecule has 1 aromatic rings. The smallest absolute Gasteiger partial charge is 0.130 e. The Balaban J connectivity index is 2.28. The lowest BCUT2D eigenvalue weighted by Gasteiger charge is -2.38. The second-order valence-corrected chi connectivity index (χ2v) is 13.8. The maximum absolute atomic E-state index is 3.92. The van der Waals surface area contributed by atoms with E-state index in [0.717, 1.165) is 16.6 Å². The summed E-state index contributed by atoms with van der Waals surface area (Å²) in [6.07, 6.45) is 1.22. The van der Waals surface area contributed by atoms with Crippen molar-refractivity contribution in [2.24, 2.45) is 5.41 Å². The van der Waals surface area contributed by atoms with Gasteiger partial charge in [-0.3, -0.25) is 0 Å². The van der Waals surface area contributed by atoms with Gasteiger partial charge in [0.1, 0.15) is 8.07 Å². The van der Waals surface area contributed by atoms with Crippen molar-refractivity contribution in [3.63, 3.8) is 0 Å². The van der Waals surface area contributed by atoms with E-state index in [4.69, 9.17) is 0 Å². The van der Waals surface area contributed by atoms with Gasteiger partial charge in [0.2, 0.25) is 0 Å². The highest BCUT2D eigenvalue weighted by Crippen LogP contribution is 2.58. The van der Waals surface area contributed by atoms with E-state index in [1.165, 1.54) is 12.0 Å². The van der Waals surface area contributed by atoms with Crippen LogP contribution in [0.2, 0.25) is 16.6 Å². The minimum Gasteiger partial charge on any atom is -0.130 e. The monoisotopic (exact) mass is 312 g/mol. The molecule has 1 saturated carbocycles. The molecule has 1 aliphatic rings. The van der Waals surface area contributed by atoms with Crippen LogP contribution >= 0.6 is 0 Å². The normalized spacial score (nSPS) is 24.5. The molecule has 0 heterocycles. The molecule has 0 spiro atoms. The molecular weight excluding hydrogens is 280 g/mol. The zero-order valence-electron chi connectivity index (χ0n) is 15.4. The lowest BCUT2D eigenvalue weighted by molar-refractivity contribution is 0.740. The Labute approximate surface area is 138 Å². The minimum atomic E-state index is -1.59. The van der Waals surface area contributed by atoms with E-state index in [1.54, 1.807) is 0 Å². The number of hydrogen-bond acceptors (Lipinski definition) is 0. The quantitative estimate of drug-likeness (QED) is 0.445. The Morgan fingerprint density at radius 1 is 0.955 bits per heavy atom. The van der Waals surface area contributed by atoms with Crippen molar-refractivity contribution in [1.82, 2.24) is 0 Å². The summed E-state index contributed by atoms with van der Waals surface area (Å²) < 4.78 is 0. The van der Waals surface area contributed by atoms with Gasteiger partial charge >= 0.3 is 0 Å². The summed E-state index contributed by atoms with van der Waals surface area (Å²) >= 11 is 0. The third-order valence-corrected chi connectivity index (χ3v) is 12.2. The van der Waals surface area contributed by atoms with Crippen LogP contribution in [0, 0.1) is 16.9 Å². The first-order valence-corrected chi connectivity index (χ1v) is 11.1. The van der Waals surface area contributed by atoms with Crippen LogP contribution in [0.3, 0.4) is 0 Å². The molecule has 0 aliphatic heterocycles. The second kappa shape index (κ2) is 6.24. The topological polar surface area (TPSA) is 0 Å². The Kier molecular flexibility index (Phi) is 4.92. The van der Waals surface area contributed by atoms with E-state index < -0.39 is 8.07 Å². The summed E-state index contributed by atoms with van der Waals surface area (Å²) in [4.78, 5) is 0. The highest BCUT2D eigenvalue weighted by atomic mass is 28.3. The molecule has 0 radical (unpaired) electrons. The number of benzene rings is 1. The third-order valence-electron chi connectivity index (χ3n) is 5.87. The van der Waals surface area contributed by atoms with Gasteiger partial charge in [-0.25, -0.2) is 0 Å². The van der Waals surface area contributed by atoms with Gasteiger partial charge in [0, 0.05) is 11.3 Å². The summed E-state index contributed by atoms with van der Waals surface area (Å²) in [6, 6.07) is 10.9. The lowest BCUT2D eigenvalue weighted by Crippen LogP contribution is -2.43. The maximum atomic E-state index is 3.92. The van der Waals surface area contributed by atoms with E-state index in [0.29, 0.717) is 5.92 Å². The molecule has 2 rings (SSSR count). The number of rotatable bonds is 4. The van der Waals surface area contributed by atoms with Gasteiger partial charge in [-0.05, 0) is 35.5 Å². The van der Waals surface area contributed by atoms with Crippen molar-refractivity contribution in [3.05, 3.63) is 35.9 Å². The summed E-state index contributed by atoms with van der Waals surface area (Å²) in [6.45, 7) is 16.7. The highest BCUT2D eigenvalue weighted by molar-refractivity contribution is 6.90. The van der Waals surface area contributed by atoms with Crippen molar-refractivity contribution < 1.29 is 0 Å². The van der Waals surface area contributed by atoms with E-state index in [2.05, 4.69) is 90.3 Å². The first-order chi connectivity index (χ1) is 10.2. The fraction of sp³-hybridized carbons (Fsp3) is 0.619. The van der Waals surface area contributed by atoms with Crippen LogP contribution < -0.4 is 0 Å². The van der Waals surface area contributed by atoms with Gasteiger partial charge < -0.3 is 0 Å². The molecule has 0 aromatic heterocycles. The van der Waals surface area contributed by atoms with Crippen molar-refractivity contribution in [2.45, 2.75) is 77.4 Å². The standard InChI is InChI=1S/C21H32Si/c1-16(2)22(17(3)4,18(5)6)14-13-21(7)15-20(21)19-11-9-8-10-12-19/h8-12,16-18,20H,15H2,1-7H3/t20-,21+/m1/s1. The second-order valence-electron chi connectivity index (χ2n) is 8.23. The molecule has 0 bridgehead atoms. The van der Waals surface area contributed by atoms with Crippen molar-refractivity contribution in [1.29, 1.82) is 0 Å². The fourth-order valence-electron chi connectivity index (χ4n) is 4.36. The Hall–Kier alpha value is -1.00. The van der Waals surface area contributed by atoms with Crippen LogP contribution in [0.4, 0.5) is 0 Å². The van der Waals surface area contributed by atoms with E-state index in [-0.39, 0.29) is 5.41 Å². The average Bonchev–Trinajstić information content (AvgIpc) is 3.11. The van der Waals surface area contributed by atoms with Crippen LogP contribution in [-0.2, 0) is 0 Å². The van der Waals surface area contributed by atoms with E-state index in [1.807, 2.05) is 0 Å². The highest BCUT2D eigenvalue weighted by Gasteiger charge is 2.50. The first-order valence-electron chi connectivity index (χ1n) is 8.83. The van der Waals surface area contributed by atoms with E-state index >= 15 is 0 Å². The third kappa shape index (κ3) is 3.04. The van der Waals surface area contributed by atoms with Gasteiger partial charge in [-0.1, -0.05) is 71.9 Å². The molecule has 0 unspecified atom stereocenters. The average molecular weight is 313 g/mol. The fourth-order valence-corrected chi connectivity index (χ4v) is 9.73. The first kappa shape index (κ1) is 17.4. The number of hydrogen-bond donors (Lipinski definition) is 0. The van der Waals surface area contributed by atoms with Gasteiger partial charge in [0.25, 0.3) is 0 Å². The molecule has 0 saturated heterocycles. The Bertz CT molecular complexity index is 537. The van der Waals surface area contributed by atoms with Crippen LogP contribution in [0.5, 0.6) is 0 Å². The lowest BCUT2D eigenvalue weighted by atomic mass is 10.0. The van der Waals surface area contributed by atoms with Crippen molar-refractivity contribution in [3.8, 4) is 11.5 Å². The molecule has 22 heavy (non-hydrogen) atoms. The van der Waals surface area contributed by atoms with Gasteiger partial charge in [-0.15, -0.1) is 11.5 Å². The largest absolute Gasteiger partial charge is 0.145 e. The molecule has 1 heteroatoms. The molecule has 1 aromatic carbocycles. The summed E-state index contributed by atoms with van der Waals surface area (Å²) in [5.41, 5.74) is 7.75. The van der Waals surface area contributed by atoms with E-state index in [9.17, 15) is 0 Å². The molecule has 0 N–H and O–H groups in total. The predicted octanol–water partition coefficient (Wildman–Crippen LogP) is 6.40. The zero-order valence-corrected chi connectivity index (χ0v) is 16.4.